The zero-order chi connectivity index (χ0) is 13.6. The molecule has 0 saturated heterocycles. The first-order valence-electron chi connectivity index (χ1n) is 6.46. The molecule has 96 valence electrons. The van der Waals surface area contributed by atoms with Crippen molar-refractivity contribution in [2.24, 2.45) is 0 Å². The fourth-order valence-electron chi connectivity index (χ4n) is 2.60. The van der Waals surface area contributed by atoms with Gasteiger partial charge in [0.05, 0.1) is 5.69 Å². The second-order valence-corrected chi connectivity index (χ2v) is 5.08. The van der Waals surface area contributed by atoms with Crippen LogP contribution in [0.5, 0.6) is 0 Å². The van der Waals surface area contributed by atoms with Crippen LogP contribution in [-0.2, 0) is 0 Å². The molecular weight excluding hydrogens is 234 g/mol. The van der Waals surface area contributed by atoms with E-state index in [9.17, 15) is 0 Å². The minimum atomic E-state index is 0.804. The molecule has 3 aromatic rings. The molecule has 3 heteroatoms. The second kappa shape index (κ2) is 4.19. The first-order chi connectivity index (χ1) is 9.08. The van der Waals surface area contributed by atoms with E-state index in [1.54, 1.807) is 0 Å². The van der Waals surface area contributed by atoms with Gasteiger partial charge in [0, 0.05) is 17.8 Å². The molecule has 0 atom stereocenters. The Morgan fingerprint density at radius 3 is 2.32 bits per heavy atom. The molecule has 0 aliphatic carbocycles. The van der Waals surface area contributed by atoms with Crippen molar-refractivity contribution in [1.82, 2.24) is 14.5 Å². The Morgan fingerprint density at radius 2 is 1.63 bits per heavy atom. The number of para-hydroxylation sites is 1. The Labute approximate surface area is 112 Å². The van der Waals surface area contributed by atoms with E-state index in [1.165, 1.54) is 22.4 Å². The lowest BCUT2D eigenvalue weighted by molar-refractivity contribution is 1.01. The highest BCUT2D eigenvalue weighted by Crippen LogP contribution is 2.26. The molecule has 0 radical (unpaired) electrons. The first kappa shape index (κ1) is 11.9. The molecule has 1 aromatic carbocycles. The predicted molar refractivity (Wildman–Crippen MR) is 77.8 cm³/mol. The van der Waals surface area contributed by atoms with Crippen LogP contribution in [0.3, 0.4) is 0 Å². The third-order valence-electron chi connectivity index (χ3n) is 3.55. The minimum Gasteiger partial charge on any atom is -0.300 e. The highest BCUT2D eigenvalue weighted by molar-refractivity contribution is 5.81. The van der Waals surface area contributed by atoms with Gasteiger partial charge in [-0.05, 0) is 44.4 Å². The van der Waals surface area contributed by atoms with Gasteiger partial charge in [0.2, 0.25) is 0 Å². The molecule has 2 aromatic heterocycles. The quantitative estimate of drug-likeness (QED) is 0.661. The lowest BCUT2D eigenvalue weighted by atomic mass is 10.1. The summed E-state index contributed by atoms with van der Waals surface area (Å²) in [6.07, 6.45) is 4.06. The SMILES string of the molecule is Cc1ncc2c(C)cn(-c3c(C)cccc3C)c2n1. The summed E-state index contributed by atoms with van der Waals surface area (Å²) in [4.78, 5) is 8.90. The van der Waals surface area contributed by atoms with Gasteiger partial charge >= 0.3 is 0 Å². The van der Waals surface area contributed by atoms with Crippen molar-refractivity contribution in [1.29, 1.82) is 0 Å². The molecule has 0 amide bonds. The van der Waals surface area contributed by atoms with Crippen LogP contribution in [0.4, 0.5) is 0 Å². The molecule has 0 saturated carbocycles. The van der Waals surface area contributed by atoms with Crippen LogP contribution in [0.2, 0.25) is 0 Å². The Balaban J connectivity index is 2.40. The van der Waals surface area contributed by atoms with Crippen molar-refractivity contribution in [2.75, 3.05) is 0 Å². The van der Waals surface area contributed by atoms with Crippen molar-refractivity contribution >= 4 is 11.0 Å². The number of aromatic nitrogens is 3. The van der Waals surface area contributed by atoms with E-state index < -0.39 is 0 Å². The van der Waals surface area contributed by atoms with Crippen molar-refractivity contribution < 1.29 is 0 Å². The molecule has 3 nitrogen and oxygen atoms in total. The zero-order valence-corrected chi connectivity index (χ0v) is 11.7. The molecule has 2 heterocycles. The molecular formula is C16H17N3. The van der Waals surface area contributed by atoms with E-state index in [0.29, 0.717) is 0 Å². The van der Waals surface area contributed by atoms with Gasteiger partial charge in [-0.15, -0.1) is 0 Å². The maximum atomic E-state index is 4.61. The lowest BCUT2D eigenvalue weighted by Gasteiger charge is -2.11. The molecule has 0 spiro atoms. The summed E-state index contributed by atoms with van der Waals surface area (Å²) in [7, 11) is 0. The highest BCUT2D eigenvalue weighted by Gasteiger charge is 2.12. The van der Waals surface area contributed by atoms with Crippen LogP contribution in [0.1, 0.15) is 22.5 Å². The normalized spacial score (nSPS) is 11.2. The van der Waals surface area contributed by atoms with E-state index in [1.807, 2.05) is 13.1 Å². The van der Waals surface area contributed by atoms with Gasteiger partial charge in [0.1, 0.15) is 11.5 Å². The molecule has 0 aliphatic rings. The summed E-state index contributed by atoms with van der Waals surface area (Å²) in [5.41, 5.74) is 5.93. The predicted octanol–water partition coefficient (Wildman–Crippen LogP) is 3.65. The highest BCUT2D eigenvalue weighted by atomic mass is 15.1. The van der Waals surface area contributed by atoms with E-state index in [4.69, 9.17) is 0 Å². The molecule has 3 rings (SSSR count). The third-order valence-corrected chi connectivity index (χ3v) is 3.55. The van der Waals surface area contributed by atoms with E-state index in [2.05, 4.69) is 59.7 Å². The number of benzene rings is 1. The summed E-state index contributed by atoms with van der Waals surface area (Å²) in [5, 5.41) is 1.12. The van der Waals surface area contributed by atoms with Gasteiger partial charge < -0.3 is 4.57 Å². The van der Waals surface area contributed by atoms with Gasteiger partial charge in [-0.1, -0.05) is 18.2 Å². The summed E-state index contributed by atoms with van der Waals surface area (Å²) < 4.78 is 2.18. The Kier molecular flexibility index (Phi) is 2.63. The third kappa shape index (κ3) is 1.82. The monoisotopic (exact) mass is 251 g/mol. The molecule has 0 N–H and O–H groups in total. The average molecular weight is 251 g/mol. The van der Waals surface area contributed by atoms with Gasteiger partial charge in [-0.2, -0.15) is 0 Å². The largest absolute Gasteiger partial charge is 0.300 e. The Bertz CT molecular complexity index is 749. The van der Waals surface area contributed by atoms with Crippen LogP contribution in [0.25, 0.3) is 16.7 Å². The van der Waals surface area contributed by atoms with Gasteiger partial charge in [-0.3, -0.25) is 0 Å². The first-order valence-corrected chi connectivity index (χ1v) is 6.46. The molecule has 0 unspecified atom stereocenters. The smallest absolute Gasteiger partial charge is 0.148 e. The van der Waals surface area contributed by atoms with E-state index in [0.717, 1.165) is 16.9 Å². The van der Waals surface area contributed by atoms with Crippen LogP contribution >= 0.6 is 0 Å². The lowest BCUT2D eigenvalue weighted by Crippen LogP contribution is -2.00. The standard InChI is InChI=1S/C16H17N3/c1-10-6-5-7-11(2)15(10)19-9-12(3)14-8-17-13(4)18-16(14)19/h5-9H,1-4H3. The summed E-state index contributed by atoms with van der Waals surface area (Å²) >= 11 is 0. The number of hydrogen-bond donors (Lipinski definition) is 0. The van der Waals surface area contributed by atoms with Crippen LogP contribution in [-0.4, -0.2) is 14.5 Å². The van der Waals surface area contributed by atoms with Crippen molar-refractivity contribution in [3.05, 3.63) is 53.1 Å². The van der Waals surface area contributed by atoms with Crippen LogP contribution in [0.15, 0.2) is 30.6 Å². The average Bonchev–Trinajstić information content (AvgIpc) is 2.66. The summed E-state index contributed by atoms with van der Waals surface area (Å²) in [5.74, 6) is 0.804. The van der Waals surface area contributed by atoms with Gasteiger partial charge in [-0.25, -0.2) is 9.97 Å². The number of nitrogens with zero attached hydrogens (tertiary/aromatic N) is 3. The number of hydrogen-bond acceptors (Lipinski definition) is 2. The molecule has 19 heavy (non-hydrogen) atoms. The number of aryl methyl sites for hydroxylation is 4. The Hall–Kier alpha value is -2.16. The van der Waals surface area contributed by atoms with E-state index >= 15 is 0 Å². The minimum absolute atomic E-state index is 0.804. The van der Waals surface area contributed by atoms with Gasteiger partial charge in [0.25, 0.3) is 0 Å². The molecule has 0 fully saturated rings. The van der Waals surface area contributed by atoms with Crippen molar-refractivity contribution in [3.8, 4) is 5.69 Å². The Morgan fingerprint density at radius 1 is 0.947 bits per heavy atom. The zero-order valence-electron chi connectivity index (χ0n) is 11.7. The number of fused-ring (bicyclic) bond motifs is 1. The maximum Gasteiger partial charge on any atom is 0.148 e. The summed E-state index contributed by atoms with van der Waals surface area (Å²) in [6.45, 7) is 8.30. The fraction of sp³-hybridized carbons (Fsp3) is 0.250. The topological polar surface area (TPSA) is 30.7 Å². The van der Waals surface area contributed by atoms with Crippen LogP contribution in [0, 0.1) is 27.7 Å². The summed E-state index contributed by atoms with van der Waals surface area (Å²) in [6, 6.07) is 6.36. The van der Waals surface area contributed by atoms with Crippen LogP contribution < -0.4 is 0 Å². The maximum absolute atomic E-state index is 4.61. The van der Waals surface area contributed by atoms with E-state index in [-0.39, 0.29) is 0 Å². The molecule has 0 aliphatic heterocycles. The van der Waals surface area contributed by atoms with Crippen molar-refractivity contribution in [2.45, 2.75) is 27.7 Å². The fourth-order valence-corrected chi connectivity index (χ4v) is 2.60. The number of rotatable bonds is 1. The van der Waals surface area contributed by atoms with Gasteiger partial charge in [0.15, 0.2) is 0 Å². The molecule has 0 bridgehead atoms. The van der Waals surface area contributed by atoms with Crippen molar-refractivity contribution in [3.63, 3.8) is 0 Å². The second-order valence-electron chi connectivity index (χ2n) is 5.08.